The van der Waals surface area contributed by atoms with E-state index in [0.717, 1.165) is 21.5 Å². The molecule has 114 valence electrons. The van der Waals surface area contributed by atoms with Crippen LogP contribution in [0.4, 0.5) is 0 Å². The van der Waals surface area contributed by atoms with E-state index in [2.05, 4.69) is 27.8 Å². The third-order valence-electron chi connectivity index (χ3n) is 4.83. The van der Waals surface area contributed by atoms with Crippen LogP contribution in [0.5, 0.6) is 0 Å². The molecule has 2 aromatic rings. The maximum absolute atomic E-state index is 12.5. The highest BCUT2D eigenvalue weighted by molar-refractivity contribution is 7.19. The van der Waals surface area contributed by atoms with Crippen molar-refractivity contribution in [3.8, 4) is 0 Å². The maximum atomic E-state index is 12.5. The van der Waals surface area contributed by atoms with Crippen LogP contribution in [0.15, 0.2) is 24.9 Å². The van der Waals surface area contributed by atoms with E-state index >= 15 is 0 Å². The quantitative estimate of drug-likeness (QED) is 0.948. The molecule has 3 saturated heterocycles. The average molecular weight is 313 g/mol. The summed E-state index contributed by atoms with van der Waals surface area (Å²) in [6.07, 6.45) is 6.01. The third kappa shape index (κ3) is 2.44. The zero-order valence-corrected chi connectivity index (χ0v) is 13.2. The van der Waals surface area contributed by atoms with Gasteiger partial charge >= 0.3 is 0 Å². The second-order valence-electron chi connectivity index (χ2n) is 6.18. The van der Waals surface area contributed by atoms with Crippen LogP contribution in [0.1, 0.15) is 28.2 Å². The molecule has 1 atom stereocenters. The Morgan fingerprint density at radius 3 is 2.91 bits per heavy atom. The number of hydrogen-bond donors (Lipinski definition) is 1. The Bertz CT molecular complexity index is 731. The molecule has 0 spiro atoms. The maximum Gasteiger partial charge on any atom is 0.270 e. The van der Waals surface area contributed by atoms with Crippen LogP contribution in [-0.4, -0.2) is 41.5 Å². The molecule has 0 radical (unpaired) electrons. The molecule has 5 heteroatoms. The fraction of sp³-hybridized carbons (Fsp3) is 0.412. The van der Waals surface area contributed by atoms with Crippen molar-refractivity contribution in [3.05, 3.63) is 35.5 Å². The second-order valence-corrected chi connectivity index (χ2v) is 7.29. The van der Waals surface area contributed by atoms with E-state index in [0.29, 0.717) is 11.6 Å². The van der Waals surface area contributed by atoms with Gasteiger partial charge in [-0.1, -0.05) is 12.7 Å². The molecule has 2 aromatic heterocycles. The van der Waals surface area contributed by atoms with Gasteiger partial charge in [-0.2, -0.15) is 0 Å². The zero-order valence-electron chi connectivity index (χ0n) is 12.4. The first-order valence-electron chi connectivity index (χ1n) is 7.78. The lowest BCUT2D eigenvalue weighted by atomic mass is 9.84. The van der Waals surface area contributed by atoms with Crippen molar-refractivity contribution in [3.63, 3.8) is 0 Å². The molecule has 0 saturated carbocycles. The summed E-state index contributed by atoms with van der Waals surface area (Å²) in [5.74, 6) is 0.584. The molecule has 0 aromatic carbocycles. The minimum Gasteiger partial charge on any atom is -0.346 e. The molecule has 0 aliphatic carbocycles. The summed E-state index contributed by atoms with van der Waals surface area (Å²) in [4.78, 5) is 20.4. The summed E-state index contributed by atoms with van der Waals surface area (Å²) in [5, 5.41) is 4.26. The van der Waals surface area contributed by atoms with Crippen LogP contribution >= 0.6 is 11.3 Å². The number of carbonyl (C=O) groups is 1. The molecular weight excluding hydrogens is 294 g/mol. The van der Waals surface area contributed by atoms with Crippen molar-refractivity contribution in [2.24, 2.45) is 5.92 Å². The number of nitrogens with zero attached hydrogens (tertiary/aromatic N) is 2. The van der Waals surface area contributed by atoms with Crippen molar-refractivity contribution >= 4 is 33.4 Å². The zero-order chi connectivity index (χ0) is 15.1. The van der Waals surface area contributed by atoms with Gasteiger partial charge in [-0.15, -0.1) is 11.3 Å². The van der Waals surface area contributed by atoms with Crippen molar-refractivity contribution < 1.29 is 4.79 Å². The van der Waals surface area contributed by atoms with Crippen LogP contribution in [0, 0.1) is 5.92 Å². The Labute approximate surface area is 133 Å². The molecule has 22 heavy (non-hydrogen) atoms. The predicted octanol–water partition coefficient (Wildman–Crippen LogP) is 2.76. The van der Waals surface area contributed by atoms with Gasteiger partial charge in [0, 0.05) is 33.7 Å². The fourth-order valence-corrected chi connectivity index (χ4v) is 4.47. The van der Waals surface area contributed by atoms with Crippen LogP contribution < -0.4 is 5.32 Å². The van der Waals surface area contributed by atoms with Gasteiger partial charge in [0.1, 0.15) is 5.69 Å². The number of fused-ring (bicyclic) bond motifs is 4. The van der Waals surface area contributed by atoms with Crippen LogP contribution in [0.3, 0.4) is 0 Å². The largest absolute Gasteiger partial charge is 0.346 e. The van der Waals surface area contributed by atoms with E-state index in [9.17, 15) is 4.79 Å². The first kappa shape index (κ1) is 13.9. The van der Waals surface area contributed by atoms with Crippen LogP contribution in [0.25, 0.3) is 16.2 Å². The minimum atomic E-state index is -0.0470. The SMILES string of the molecule is C=Cc1cc2cnc(C(=O)NC3CN4CCC3CC4)cc2s1. The van der Waals surface area contributed by atoms with Crippen molar-refractivity contribution in [2.45, 2.75) is 18.9 Å². The van der Waals surface area contributed by atoms with Gasteiger partial charge in [0.15, 0.2) is 0 Å². The number of nitrogens with one attached hydrogen (secondary N) is 1. The number of carbonyl (C=O) groups excluding carboxylic acids is 1. The molecule has 3 fully saturated rings. The lowest BCUT2D eigenvalue weighted by Gasteiger charge is -2.44. The summed E-state index contributed by atoms with van der Waals surface area (Å²) in [6.45, 7) is 7.14. The predicted molar refractivity (Wildman–Crippen MR) is 90.1 cm³/mol. The highest BCUT2D eigenvalue weighted by Gasteiger charge is 2.35. The molecule has 5 heterocycles. The van der Waals surface area contributed by atoms with E-state index < -0.39 is 0 Å². The molecule has 2 bridgehead atoms. The number of rotatable bonds is 3. The second kappa shape index (κ2) is 5.48. The first-order chi connectivity index (χ1) is 10.7. The normalized spacial score (nSPS) is 27.0. The summed E-state index contributed by atoms with van der Waals surface area (Å²) in [5.41, 5.74) is 0.515. The Morgan fingerprint density at radius 1 is 1.41 bits per heavy atom. The molecule has 3 aliphatic rings. The smallest absolute Gasteiger partial charge is 0.270 e. The topological polar surface area (TPSA) is 45.2 Å². The highest BCUT2D eigenvalue weighted by atomic mass is 32.1. The number of pyridine rings is 1. The summed E-state index contributed by atoms with van der Waals surface area (Å²) in [6, 6.07) is 4.22. The molecule has 1 N–H and O–H groups in total. The standard InChI is InChI=1S/C17H19N3OS/c1-2-13-7-12-9-18-14(8-16(12)22-13)17(21)19-15-10-20-5-3-11(15)4-6-20/h2,7-9,11,15H,1,3-6,10H2,(H,19,21). The molecular formula is C17H19N3OS. The number of aromatic nitrogens is 1. The number of thiophene rings is 1. The molecule has 1 unspecified atom stereocenters. The van der Waals surface area contributed by atoms with Gasteiger partial charge in [-0.3, -0.25) is 9.78 Å². The lowest BCUT2D eigenvalue weighted by molar-refractivity contribution is 0.0618. The molecule has 3 aliphatic heterocycles. The average Bonchev–Trinajstić information content (AvgIpc) is 2.98. The van der Waals surface area contributed by atoms with Crippen LogP contribution in [-0.2, 0) is 0 Å². The molecule has 5 rings (SSSR count). The van der Waals surface area contributed by atoms with Crippen LogP contribution in [0.2, 0.25) is 0 Å². The Morgan fingerprint density at radius 2 is 2.23 bits per heavy atom. The monoisotopic (exact) mass is 313 g/mol. The van der Waals surface area contributed by atoms with E-state index in [1.165, 1.54) is 25.9 Å². The number of amides is 1. The summed E-state index contributed by atoms with van der Waals surface area (Å²) < 4.78 is 1.09. The summed E-state index contributed by atoms with van der Waals surface area (Å²) >= 11 is 1.64. The number of hydrogen-bond acceptors (Lipinski definition) is 4. The van der Waals surface area contributed by atoms with Crippen molar-refractivity contribution in [1.29, 1.82) is 0 Å². The van der Waals surface area contributed by atoms with Gasteiger partial charge in [0.2, 0.25) is 0 Å². The minimum absolute atomic E-state index is 0.0470. The van der Waals surface area contributed by atoms with Crippen molar-refractivity contribution in [1.82, 2.24) is 15.2 Å². The molecule has 1 amide bonds. The van der Waals surface area contributed by atoms with Crippen molar-refractivity contribution in [2.75, 3.05) is 19.6 Å². The van der Waals surface area contributed by atoms with Gasteiger partial charge in [0.05, 0.1) is 0 Å². The Hall–Kier alpha value is -1.72. The van der Waals surface area contributed by atoms with Gasteiger partial charge in [-0.25, -0.2) is 0 Å². The fourth-order valence-electron chi connectivity index (χ4n) is 3.55. The van der Waals surface area contributed by atoms with Gasteiger partial charge < -0.3 is 10.2 Å². The lowest BCUT2D eigenvalue weighted by Crippen LogP contribution is -2.57. The Kier molecular flexibility index (Phi) is 3.47. The van der Waals surface area contributed by atoms with Gasteiger partial charge in [-0.05, 0) is 44.0 Å². The van der Waals surface area contributed by atoms with E-state index in [1.807, 2.05) is 12.1 Å². The van der Waals surface area contributed by atoms with E-state index in [-0.39, 0.29) is 11.9 Å². The van der Waals surface area contributed by atoms with Gasteiger partial charge in [0.25, 0.3) is 5.91 Å². The van der Waals surface area contributed by atoms with E-state index in [1.54, 1.807) is 17.5 Å². The van der Waals surface area contributed by atoms with E-state index in [4.69, 9.17) is 0 Å². The number of piperidine rings is 3. The molecule has 4 nitrogen and oxygen atoms in total. The first-order valence-corrected chi connectivity index (χ1v) is 8.60. The third-order valence-corrected chi connectivity index (χ3v) is 5.92. The highest BCUT2D eigenvalue weighted by Crippen LogP contribution is 2.28. The summed E-state index contributed by atoms with van der Waals surface area (Å²) in [7, 11) is 0. The Balaban J connectivity index is 1.53.